The topological polar surface area (TPSA) is 73.6 Å². The minimum absolute atomic E-state index is 0.0309. The Bertz CT molecular complexity index is 447. The smallest absolute Gasteiger partial charge is 0.258 e. The molecule has 0 fully saturated rings. The highest BCUT2D eigenvalue weighted by Gasteiger charge is 2.11. The van der Waals surface area contributed by atoms with E-state index in [9.17, 15) is 4.79 Å². The molecule has 1 amide bonds. The third kappa shape index (κ3) is 5.19. The lowest BCUT2D eigenvalue weighted by atomic mass is 10.1. The molecule has 0 spiro atoms. The standard InChI is InChI=1S/C15H24N2O3/c1-10-5-6-14(13(7-10)12(3)16)20-9-15(18)17-11(2)8-19-4/h5-7,11-12H,8-9,16H2,1-4H3,(H,17,18)/t11?,12-/m1/s1. The number of benzene rings is 1. The number of hydrogen-bond donors (Lipinski definition) is 2. The van der Waals surface area contributed by atoms with Crippen LogP contribution in [0.2, 0.25) is 0 Å². The van der Waals surface area contributed by atoms with Crippen LogP contribution in [0.25, 0.3) is 0 Å². The van der Waals surface area contributed by atoms with E-state index in [1.807, 2.05) is 39.0 Å². The van der Waals surface area contributed by atoms with Gasteiger partial charge in [-0.05, 0) is 26.8 Å². The van der Waals surface area contributed by atoms with E-state index in [1.54, 1.807) is 7.11 Å². The summed E-state index contributed by atoms with van der Waals surface area (Å²) >= 11 is 0. The van der Waals surface area contributed by atoms with Crippen molar-refractivity contribution in [2.75, 3.05) is 20.3 Å². The second kappa shape index (κ2) is 7.87. The van der Waals surface area contributed by atoms with E-state index in [-0.39, 0.29) is 24.6 Å². The average Bonchev–Trinajstić information content (AvgIpc) is 2.37. The van der Waals surface area contributed by atoms with Gasteiger partial charge < -0.3 is 20.5 Å². The summed E-state index contributed by atoms with van der Waals surface area (Å²) in [6, 6.07) is 5.58. The molecule has 0 saturated heterocycles. The Kier molecular flexibility index (Phi) is 6.48. The van der Waals surface area contributed by atoms with Crippen LogP contribution >= 0.6 is 0 Å². The molecule has 0 saturated carbocycles. The summed E-state index contributed by atoms with van der Waals surface area (Å²) in [6.07, 6.45) is 0. The van der Waals surface area contributed by atoms with Crippen LogP contribution in [-0.4, -0.2) is 32.3 Å². The maximum Gasteiger partial charge on any atom is 0.258 e. The molecular weight excluding hydrogens is 256 g/mol. The van der Waals surface area contributed by atoms with Crippen molar-refractivity contribution in [2.24, 2.45) is 5.73 Å². The third-order valence-electron chi connectivity index (χ3n) is 2.84. The molecule has 20 heavy (non-hydrogen) atoms. The van der Waals surface area contributed by atoms with Gasteiger partial charge in [-0.2, -0.15) is 0 Å². The van der Waals surface area contributed by atoms with E-state index in [2.05, 4.69) is 5.32 Å². The second-order valence-electron chi connectivity index (χ2n) is 5.04. The van der Waals surface area contributed by atoms with Gasteiger partial charge in [-0.3, -0.25) is 4.79 Å². The summed E-state index contributed by atoms with van der Waals surface area (Å²) in [5.41, 5.74) is 7.93. The first-order valence-electron chi connectivity index (χ1n) is 6.71. The average molecular weight is 280 g/mol. The van der Waals surface area contributed by atoms with Gasteiger partial charge in [-0.15, -0.1) is 0 Å². The molecule has 112 valence electrons. The fraction of sp³-hybridized carbons (Fsp3) is 0.533. The van der Waals surface area contributed by atoms with Crippen molar-refractivity contribution < 1.29 is 14.3 Å². The van der Waals surface area contributed by atoms with Crippen LogP contribution in [0.5, 0.6) is 5.75 Å². The number of carbonyl (C=O) groups is 1. The van der Waals surface area contributed by atoms with Crippen LogP contribution in [0.4, 0.5) is 0 Å². The summed E-state index contributed by atoms with van der Waals surface area (Å²) in [5, 5.41) is 2.79. The lowest BCUT2D eigenvalue weighted by molar-refractivity contribution is -0.124. The fourth-order valence-electron chi connectivity index (χ4n) is 1.91. The first-order valence-corrected chi connectivity index (χ1v) is 6.71. The molecule has 0 bridgehead atoms. The normalized spacial score (nSPS) is 13.7. The van der Waals surface area contributed by atoms with Crippen LogP contribution in [0, 0.1) is 6.92 Å². The van der Waals surface area contributed by atoms with Crippen molar-refractivity contribution >= 4 is 5.91 Å². The molecule has 5 nitrogen and oxygen atoms in total. The zero-order chi connectivity index (χ0) is 15.1. The third-order valence-corrected chi connectivity index (χ3v) is 2.84. The number of carbonyl (C=O) groups excluding carboxylic acids is 1. The van der Waals surface area contributed by atoms with E-state index in [4.69, 9.17) is 15.2 Å². The highest BCUT2D eigenvalue weighted by atomic mass is 16.5. The Hall–Kier alpha value is -1.59. The molecule has 1 unspecified atom stereocenters. The van der Waals surface area contributed by atoms with E-state index >= 15 is 0 Å². The minimum atomic E-state index is -0.175. The number of hydrogen-bond acceptors (Lipinski definition) is 4. The zero-order valence-electron chi connectivity index (χ0n) is 12.6. The van der Waals surface area contributed by atoms with Crippen LogP contribution in [0.3, 0.4) is 0 Å². The Morgan fingerprint density at radius 1 is 1.40 bits per heavy atom. The Labute approximate surface area is 120 Å². The Balaban J connectivity index is 2.59. The number of amides is 1. The number of nitrogens with one attached hydrogen (secondary N) is 1. The van der Waals surface area contributed by atoms with Crippen molar-refractivity contribution in [3.05, 3.63) is 29.3 Å². The molecule has 3 N–H and O–H groups in total. The van der Waals surface area contributed by atoms with Gasteiger partial charge in [0, 0.05) is 24.8 Å². The molecule has 1 aromatic carbocycles. The van der Waals surface area contributed by atoms with E-state index in [0.29, 0.717) is 12.4 Å². The molecule has 5 heteroatoms. The van der Waals surface area contributed by atoms with Crippen molar-refractivity contribution in [1.82, 2.24) is 5.32 Å². The minimum Gasteiger partial charge on any atom is -0.483 e. The maximum absolute atomic E-state index is 11.7. The molecule has 0 aliphatic heterocycles. The zero-order valence-corrected chi connectivity index (χ0v) is 12.6. The van der Waals surface area contributed by atoms with Crippen LogP contribution in [-0.2, 0) is 9.53 Å². The summed E-state index contributed by atoms with van der Waals surface area (Å²) in [7, 11) is 1.60. The summed E-state index contributed by atoms with van der Waals surface area (Å²) in [6.45, 7) is 6.20. The summed E-state index contributed by atoms with van der Waals surface area (Å²) < 4.78 is 10.5. The van der Waals surface area contributed by atoms with Crippen molar-refractivity contribution in [2.45, 2.75) is 32.9 Å². The molecule has 0 aliphatic carbocycles. The number of ether oxygens (including phenoxy) is 2. The Morgan fingerprint density at radius 3 is 2.70 bits per heavy atom. The maximum atomic E-state index is 11.7. The summed E-state index contributed by atoms with van der Waals surface area (Å²) in [4.78, 5) is 11.7. The lowest BCUT2D eigenvalue weighted by Crippen LogP contribution is -2.38. The van der Waals surface area contributed by atoms with Gasteiger partial charge in [0.15, 0.2) is 6.61 Å². The fourth-order valence-corrected chi connectivity index (χ4v) is 1.91. The number of methoxy groups -OCH3 is 1. The van der Waals surface area contributed by atoms with Gasteiger partial charge in [0.2, 0.25) is 0 Å². The quantitative estimate of drug-likeness (QED) is 0.794. The van der Waals surface area contributed by atoms with Gasteiger partial charge in [0.25, 0.3) is 5.91 Å². The predicted molar refractivity (Wildman–Crippen MR) is 78.8 cm³/mol. The van der Waals surface area contributed by atoms with Crippen molar-refractivity contribution in [3.63, 3.8) is 0 Å². The summed E-state index contributed by atoms with van der Waals surface area (Å²) in [5.74, 6) is 0.478. The number of aryl methyl sites for hydroxylation is 1. The lowest BCUT2D eigenvalue weighted by Gasteiger charge is -2.16. The second-order valence-corrected chi connectivity index (χ2v) is 5.04. The van der Waals surface area contributed by atoms with E-state index in [1.165, 1.54) is 0 Å². The van der Waals surface area contributed by atoms with Crippen LogP contribution in [0.1, 0.15) is 31.0 Å². The van der Waals surface area contributed by atoms with Crippen molar-refractivity contribution in [1.29, 1.82) is 0 Å². The van der Waals surface area contributed by atoms with Crippen LogP contribution in [0.15, 0.2) is 18.2 Å². The van der Waals surface area contributed by atoms with Gasteiger partial charge >= 0.3 is 0 Å². The molecule has 0 aromatic heterocycles. The first kappa shape index (κ1) is 16.5. The van der Waals surface area contributed by atoms with Crippen LogP contribution < -0.4 is 15.8 Å². The first-order chi connectivity index (χ1) is 9.43. The SMILES string of the molecule is COCC(C)NC(=O)COc1ccc(C)cc1[C@@H](C)N. The Morgan fingerprint density at radius 2 is 2.10 bits per heavy atom. The molecule has 2 atom stereocenters. The highest BCUT2D eigenvalue weighted by Crippen LogP contribution is 2.24. The van der Waals surface area contributed by atoms with Gasteiger partial charge in [0.05, 0.1) is 6.61 Å². The van der Waals surface area contributed by atoms with Gasteiger partial charge in [-0.25, -0.2) is 0 Å². The molecule has 0 heterocycles. The number of rotatable bonds is 7. The predicted octanol–water partition coefficient (Wildman–Crippen LogP) is 1.54. The molecule has 1 aromatic rings. The largest absolute Gasteiger partial charge is 0.483 e. The highest BCUT2D eigenvalue weighted by molar-refractivity contribution is 5.77. The number of nitrogens with two attached hydrogens (primary N) is 1. The molecule has 1 rings (SSSR count). The monoisotopic (exact) mass is 280 g/mol. The van der Waals surface area contributed by atoms with E-state index in [0.717, 1.165) is 11.1 Å². The van der Waals surface area contributed by atoms with Gasteiger partial charge in [-0.1, -0.05) is 17.7 Å². The van der Waals surface area contributed by atoms with Gasteiger partial charge in [0.1, 0.15) is 5.75 Å². The van der Waals surface area contributed by atoms with E-state index < -0.39 is 0 Å². The molecule has 0 radical (unpaired) electrons. The molecule has 0 aliphatic rings. The molecular formula is C15H24N2O3. The van der Waals surface area contributed by atoms with Crippen molar-refractivity contribution in [3.8, 4) is 5.75 Å².